The van der Waals surface area contributed by atoms with Crippen LogP contribution in [0.1, 0.15) is 11.1 Å². The first-order valence-electron chi connectivity index (χ1n) is 6.13. The zero-order chi connectivity index (χ0) is 15.2. The Morgan fingerprint density at radius 3 is 2.67 bits per heavy atom. The number of ether oxygens (including phenoxy) is 1. The number of hydroxylamine groups is 1. The summed E-state index contributed by atoms with van der Waals surface area (Å²) in [5.41, 5.74) is 3.08. The van der Waals surface area contributed by atoms with Gasteiger partial charge in [-0.1, -0.05) is 12.1 Å². The van der Waals surface area contributed by atoms with Gasteiger partial charge in [0, 0.05) is 0 Å². The standard InChI is InChI=1S/C14H15N3O3S/c1-20-10-4-2-9(3-5-10)8-12(18)16-14-11(6-7-21-14)13(15)17-19/h2-7,19H,8H2,1H3,(H2,15,17)(H,16,18). The molecule has 110 valence electrons. The molecule has 1 aromatic heterocycles. The van der Waals surface area contributed by atoms with Crippen LogP contribution in [0.3, 0.4) is 0 Å². The summed E-state index contributed by atoms with van der Waals surface area (Å²) in [6.45, 7) is 0. The zero-order valence-corrected chi connectivity index (χ0v) is 12.2. The first-order valence-corrected chi connectivity index (χ1v) is 7.01. The monoisotopic (exact) mass is 305 g/mol. The first kappa shape index (κ1) is 15.0. The van der Waals surface area contributed by atoms with Crippen molar-refractivity contribution < 1.29 is 14.7 Å². The van der Waals surface area contributed by atoms with Gasteiger partial charge in [-0.15, -0.1) is 11.3 Å². The van der Waals surface area contributed by atoms with Crippen molar-refractivity contribution in [2.24, 2.45) is 0 Å². The molecular formula is C14H15N3O3S. The Labute approximate surface area is 125 Å². The minimum atomic E-state index is -0.186. The maximum absolute atomic E-state index is 12.0. The number of rotatable bonds is 5. The van der Waals surface area contributed by atoms with Crippen molar-refractivity contribution in [1.29, 1.82) is 5.41 Å². The van der Waals surface area contributed by atoms with Crippen LogP contribution >= 0.6 is 11.3 Å². The smallest absolute Gasteiger partial charge is 0.229 e. The number of amides is 1. The van der Waals surface area contributed by atoms with Gasteiger partial charge in [-0.3, -0.25) is 20.9 Å². The van der Waals surface area contributed by atoms with Gasteiger partial charge in [0.05, 0.1) is 19.1 Å². The van der Waals surface area contributed by atoms with Gasteiger partial charge in [0.25, 0.3) is 0 Å². The lowest BCUT2D eigenvalue weighted by Crippen LogP contribution is -2.21. The van der Waals surface area contributed by atoms with E-state index < -0.39 is 0 Å². The third-order valence-electron chi connectivity index (χ3n) is 2.82. The molecule has 2 aromatic rings. The van der Waals surface area contributed by atoms with Gasteiger partial charge in [0.15, 0.2) is 5.84 Å². The van der Waals surface area contributed by atoms with Gasteiger partial charge in [-0.05, 0) is 29.1 Å². The molecule has 0 atom stereocenters. The van der Waals surface area contributed by atoms with E-state index in [2.05, 4.69) is 5.32 Å². The second-order valence-electron chi connectivity index (χ2n) is 4.22. The van der Waals surface area contributed by atoms with Gasteiger partial charge >= 0.3 is 0 Å². The molecule has 0 bridgehead atoms. The molecule has 1 heterocycles. The lowest BCUT2D eigenvalue weighted by molar-refractivity contribution is -0.115. The van der Waals surface area contributed by atoms with E-state index in [0.29, 0.717) is 10.6 Å². The average Bonchev–Trinajstić information content (AvgIpc) is 2.95. The number of carbonyl (C=O) groups excluding carboxylic acids is 1. The van der Waals surface area contributed by atoms with Crippen LogP contribution in [-0.4, -0.2) is 24.1 Å². The number of hydrogen-bond donors (Lipinski definition) is 4. The number of benzene rings is 1. The van der Waals surface area contributed by atoms with Crippen molar-refractivity contribution in [3.63, 3.8) is 0 Å². The Bertz CT molecular complexity index is 637. The molecule has 0 fully saturated rings. The van der Waals surface area contributed by atoms with Crippen molar-refractivity contribution in [1.82, 2.24) is 5.48 Å². The van der Waals surface area contributed by atoms with Gasteiger partial charge in [-0.2, -0.15) is 0 Å². The molecule has 7 heteroatoms. The molecule has 0 unspecified atom stereocenters. The van der Waals surface area contributed by atoms with Crippen LogP contribution in [0.25, 0.3) is 0 Å². The Hall–Kier alpha value is -2.38. The Morgan fingerprint density at radius 2 is 2.05 bits per heavy atom. The Kier molecular flexibility index (Phi) is 4.91. The normalized spacial score (nSPS) is 10.0. The third-order valence-corrected chi connectivity index (χ3v) is 3.65. The van der Waals surface area contributed by atoms with E-state index in [1.165, 1.54) is 11.3 Å². The number of carbonyl (C=O) groups is 1. The van der Waals surface area contributed by atoms with Gasteiger partial charge in [-0.25, -0.2) is 0 Å². The summed E-state index contributed by atoms with van der Waals surface area (Å²) in [6.07, 6.45) is 0.223. The summed E-state index contributed by atoms with van der Waals surface area (Å²) in [5.74, 6) is 0.396. The molecule has 6 nitrogen and oxygen atoms in total. The van der Waals surface area contributed by atoms with E-state index in [9.17, 15) is 4.79 Å². The number of hydrogen-bond acceptors (Lipinski definition) is 5. The molecule has 21 heavy (non-hydrogen) atoms. The van der Waals surface area contributed by atoms with Crippen LogP contribution in [0, 0.1) is 5.41 Å². The fourth-order valence-corrected chi connectivity index (χ4v) is 2.57. The second-order valence-corrected chi connectivity index (χ2v) is 5.14. The highest BCUT2D eigenvalue weighted by molar-refractivity contribution is 7.14. The number of nitrogens with one attached hydrogen (secondary N) is 3. The highest BCUT2D eigenvalue weighted by Crippen LogP contribution is 2.23. The minimum Gasteiger partial charge on any atom is -0.497 e. The SMILES string of the molecule is COc1ccc(CC(=O)Nc2sccc2C(=N)NO)cc1. The van der Waals surface area contributed by atoms with Gasteiger partial charge < -0.3 is 10.1 Å². The number of anilines is 1. The molecule has 0 spiro atoms. The molecule has 0 radical (unpaired) electrons. The third kappa shape index (κ3) is 3.80. The van der Waals surface area contributed by atoms with E-state index in [1.54, 1.807) is 36.2 Å². The average molecular weight is 305 g/mol. The Morgan fingerprint density at radius 1 is 1.33 bits per heavy atom. The lowest BCUT2D eigenvalue weighted by Gasteiger charge is -2.07. The predicted octanol–water partition coefficient (Wildman–Crippen LogP) is 2.24. The van der Waals surface area contributed by atoms with Crippen LogP contribution in [0.15, 0.2) is 35.7 Å². The number of methoxy groups -OCH3 is 1. The summed E-state index contributed by atoms with van der Waals surface area (Å²) < 4.78 is 5.06. The summed E-state index contributed by atoms with van der Waals surface area (Å²) in [7, 11) is 1.59. The molecule has 0 saturated carbocycles. The Balaban J connectivity index is 2.01. The maximum Gasteiger partial charge on any atom is 0.229 e. The van der Waals surface area contributed by atoms with Crippen molar-refractivity contribution >= 4 is 28.1 Å². The summed E-state index contributed by atoms with van der Waals surface area (Å²) in [6, 6.07) is 8.89. The van der Waals surface area contributed by atoms with E-state index in [0.717, 1.165) is 11.3 Å². The minimum absolute atomic E-state index is 0.156. The fourth-order valence-electron chi connectivity index (χ4n) is 1.76. The molecule has 2 rings (SSSR count). The van der Waals surface area contributed by atoms with E-state index >= 15 is 0 Å². The zero-order valence-electron chi connectivity index (χ0n) is 11.3. The fraction of sp³-hybridized carbons (Fsp3) is 0.143. The molecule has 0 aliphatic heterocycles. The van der Waals surface area contributed by atoms with E-state index in [-0.39, 0.29) is 18.2 Å². The van der Waals surface area contributed by atoms with Gasteiger partial charge in [0.1, 0.15) is 10.8 Å². The topological polar surface area (TPSA) is 94.4 Å². The first-order chi connectivity index (χ1) is 10.1. The molecule has 0 aliphatic carbocycles. The van der Waals surface area contributed by atoms with Gasteiger partial charge in [0.2, 0.25) is 5.91 Å². The largest absolute Gasteiger partial charge is 0.497 e. The summed E-state index contributed by atoms with van der Waals surface area (Å²) in [4.78, 5) is 12.0. The van der Waals surface area contributed by atoms with E-state index in [1.807, 2.05) is 12.1 Å². The van der Waals surface area contributed by atoms with Crippen LogP contribution in [0.2, 0.25) is 0 Å². The molecule has 4 N–H and O–H groups in total. The molecule has 0 saturated heterocycles. The maximum atomic E-state index is 12.0. The van der Waals surface area contributed by atoms with Crippen molar-refractivity contribution in [3.05, 3.63) is 46.8 Å². The van der Waals surface area contributed by atoms with Crippen LogP contribution in [0.5, 0.6) is 5.75 Å². The second kappa shape index (κ2) is 6.87. The quantitative estimate of drug-likeness (QED) is 0.387. The summed E-state index contributed by atoms with van der Waals surface area (Å²) >= 11 is 1.29. The van der Waals surface area contributed by atoms with Crippen molar-refractivity contribution in [2.75, 3.05) is 12.4 Å². The van der Waals surface area contributed by atoms with Crippen LogP contribution < -0.4 is 15.5 Å². The highest BCUT2D eigenvalue weighted by atomic mass is 32.1. The van der Waals surface area contributed by atoms with Crippen LogP contribution in [0.4, 0.5) is 5.00 Å². The predicted molar refractivity (Wildman–Crippen MR) is 81.4 cm³/mol. The van der Waals surface area contributed by atoms with E-state index in [4.69, 9.17) is 15.4 Å². The molecule has 1 amide bonds. The molecule has 0 aliphatic rings. The van der Waals surface area contributed by atoms with Crippen LogP contribution in [-0.2, 0) is 11.2 Å². The number of thiophene rings is 1. The van der Waals surface area contributed by atoms with Crippen molar-refractivity contribution in [3.8, 4) is 5.75 Å². The summed E-state index contributed by atoms with van der Waals surface area (Å²) in [5, 5.41) is 21.3. The molecular weight excluding hydrogens is 290 g/mol. The number of amidine groups is 1. The lowest BCUT2D eigenvalue weighted by atomic mass is 10.1. The van der Waals surface area contributed by atoms with Crippen molar-refractivity contribution in [2.45, 2.75) is 6.42 Å². The molecule has 1 aromatic carbocycles. The highest BCUT2D eigenvalue weighted by Gasteiger charge is 2.12.